The molecule has 0 spiro atoms. The van der Waals surface area contributed by atoms with Crippen LogP contribution in [-0.4, -0.2) is 58.8 Å². The van der Waals surface area contributed by atoms with E-state index in [0.29, 0.717) is 18.6 Å². The van der Waals surface area contributed by atoms with Gasteiger partial charge in [-0.3, -0.25) is 19.7 Å². The van der Waals surface area contributed by atoms with Crippen LogP contribution in [0.15, 0.2) is 60.7 Å². The van der Waals surface area contributed by atoms with E-state index in [0.717, 1.165) is 11.1 Å². The number of amides is 1. The third-order valence-corrected chi connectivity index (χ3v) is 6.58. The molecule has 7 nitrogen and oxygen atoms in total. The lowest BCUT2D eigenvalue weighted by Gasteiger charge is -2.39. The van der Waals surface area contributed by atoms with Gasteiger partial charge in [0.1, 0.15) is 18.0 Å². The van der Waals surface area contributed by atoms with Crippen LogP contribution in [0.1, 0.15) is 29.8 Å². The number of carbonyl (C=O) groups is 3. The Morgan fingerprint density at radius 3 is 2.44 bits per heavy atom. The van der Waals surface area contributed by atoms with Gasteiger partial charge in [-0.25, -0.2) is 0 Å². The number of nitrogens with zero attached hydrogens (tertiary/aromatic N) is 1. The van der Waals surface area contributed by atoms with Gasteiger partial charge in [-0.2, -0.15) is 0 Å². The molecule has 1 heterocycles. The lowest BCUT2D eigenvalue weighted by atomic mass is 10.0. The Bertz CT molecular complexity index is 909. The summed E-state index contributed by atoms with van der Waals surface area (Å²) in [5.74, 6) is -1.38. The molecule has 2 aromatic rings. The van der Waals surface area contributed by atoms with Gasteiger partial charge in [0.15, 0.2) is 0 Å². The van der Waals surface area contributed by atoms with Crippen LogP contribution in [0.25, 0.3) is 0 Å². The Labute approximate surface area is 192 Å². The molecule has 1 fully saturated rings. The fraction of sp³-hybridized carbons (Fsp3) is 0.375. The predicted octanol–water partition coefficient (Wildman–Crippen LogP) is 2.87. The number of esters is 1. The summed E-state index contributed by atoms with van der Waals surface area (Å²) in [6.07, 6.45) is 1.12. The Kier molecular flexibility index (Phi) is 8.70. The summed E-state index contributed by atoms with van der Waals surface area (Å²) in [7, 11) is 0. The Morgan fingerprint density at radius 1 is 1.16 bits per heavy atom. The molecule has 0 saturated carbocycles. The molecule has 3 atom stereocenters. The standard InChI is InChI=1S/C24H28N2O5S/c1-2-31-24(30)19(14-13-17-9-5-3-6-10-17)25-20-16-32-23(18-11-7-4-8-12-18)26(22(20)29)15-21(27)28/h3-12,19-20,23,25H,2,13-16H2,1H3,(H,27,28)/t19?,20?,23-/m1/s1. The second-order valence-electron chi connectivity index (χ2n) is 7.50. The number of hydrogen-bond acceptors (Lipinski definition) is 6. The first kappa shape index (κ1) is 23.8. The zero-order valence-corrected chi connectivity index (χ0v) is 18.8. The fourth-order valence-corrected chi connectivity index (χ4v) is 5.02. The minimum atomic E-state index is -1.08. The van der Waals surface area contributed by atoms with Gasteiger partial charge in [0.2, 0.25) is 5.91 Å². The van der Waals surface area contributed by atoms with Crippen molar-refractivity contribution < 1.29 is 24.2 Å². The van der Waals surface area contributed by atoms with Crippen molar-refractivity contribution in [1.29, 1.82) is 0 Å². The monoisotopic (exact) mass is 456 g/mol. The molecule has 1 amide bonds. The van der Waals surface area contributed by atoms with Crippen LogP contribution in [0.2, 0.25) is 0 Å². The van der Waals surface area contributed by atoms with Gasteiger partial charge >= 0.3 is 11.9 Å². The Morgan fingerprint density at radius 2 is 1.81 bits per heavy atom. The Balaban J connectivity index is 1.74. The largest absolute Gasteiger partial charge is 0.480 e. The maximum Gasteiger partial charge on any atom is 0.323 e. The van der Waals surface area contributed by atoms with Gasteiger partial charge in [-0.1, -0.05) is 60.7 Å². The molecular weight excluding hydrogens is 428 g/mol. The second-order valence-corrected chi connectivity index (χ2v) is 8.62. The smallest absolute Gasteiger partial charge is 0.323 e. The summed E-state index contributed by atoms with van der Waals surface area (Å²) < 4.78 is 5.22. The maximum absolute atomic E-state index is 13.3. The van der Waals surface area contributed by atoms with Crippen LogP contribution < -0.4 is 5.32 Å². The van der Waals surface area contributed by atoms with Gasteiger partial charge in [0, 0.05) is 5.75 Å². The number of nitrogens with one attached hydrogen (secondary N) is 1. The molecule has 3 rings (SSSR count). The van der Waals surface area contributed by atoms with Crippen LogP contribution in [0.4, 0.5) is 0 Å². The van der Waals surface area contributed by atoms with Crippen LogP contribution in [0, 0.1) is 0 Å². The number of carbonyl (C=O) groups excluding carboxylic acids is 2. The van der Waals surface area contributed by atoms with Gasteiger partial charge < -0.3 is 14.7 Å². The molecular formula is C24H28N2O5S. The summed E-state index contributed by atoms with van der Waals surface area (Å²) in [5, 5.41) is 12.2. The minimum Gasteiger partial charge on any atom is -0.480 e. The molecule has 1 aliphatic heterocycles. The highest BCUT2D eigenvalue weighted by Gasteiger charge is 2.39. The molecule has 0 radical (unpaired) electrons. The highest BCUT2D eigenvalue weighted by atomic mass is 32.2. The first-order valence-corrected chi connectivity index (χ1v) is 11.7. The number of thioether (sulfide) groups is 1. The Hall–Kier alpha value is -2.84. The van der Waals surface area contributed by atoms with E-state index in [-0.39, 0.29) is 17.9 Å². The second kappa shape index (κ2) is 11.7. The van der Waals surface area contributed by atoms with Crippen molar-refractivity contribution in [3.8, 4) is 0 Å². The molecule has 2 unspecified atom stereocenters. The van der Waals surface area contributed by atoms with Crippen molar-refractivity contribution in [3.63, 3.8) is 0 Å². The molecule has 32 heavy (non-hydrogen) atoms. The quantitative estimate of drug-likeness (QED) is 0.531. The van der Waals surface area contributed by atoms with E-state index in [1.54, 1.807) is 6.92 Å². The normalized spacial score (nSPS) is 19.4. The van der Waals surface area contributed by atoms with Crippen LogP contribution >= 0.6 is 11.8 Å². The van der Waals surface area contributed by atoms with Crippen LogP contribution in [0.5, 0.6) is 0 Å². The van der Waals surface area contributed by atoms with Crippen LogP contribution in [0.3, 0.4) is 0 Å². The highest BCUT2D eigenvalue weighted by molar-refractivity contribution is 7.99. The summed E-state index contributed by atoms with van der Waals surface area (Å²) in [4.78, 5) is 38.7. The van der Waals surface area contributed by atoms with E-state index in [4.69, 9.17) is 4.74 Å². The third-order valence-electron chi connectivity index (χ3n) is 5.21. The van der Waals surface area contributed by atoms with E-state index in [9.17, 15) is 19.5 Å². The number of aryl methyl sites for hydroxylation is 1. The zero-order chi connectivity index (χ0) is 22.9. The number of hydrogen-bond donors (Lipinski definition) is 2. The lowest BCUT2D eigenvalue weighted by molar-refractivity contribution is -0.148. The lowest BCUT2D eigenvalue weighted by Crippen LogP contribution is -2.57. The number of benzene rings is 2. The molecule has 0 aromatic heterocycles. The van der Waals surface area contributed by atoms with Gasteiger partial charge in [-0.05, 0) is 30.9 Å². The molecule has 1 aliphatic rings. The number of ether oxygens (including phenoxy) is 1. The van der Waals surface area contributed by atoms with Crippen molar-refractivity contribution >= 4 is 29.6 Å². The zero-order valence-electron chi connectivity index (χ0n) is 18.0. The molecule has 0 aliphatic carbocycles. The van der Waals surface area contributed by atoms with Crippen molar-refractivity contribution in [2.24, 2.45) is 0 Å². The van der Waals surface area contributed by atoms with E-state index in [2.05, 4.69) is 5.32 Å². The average Bonchev–Trinajstić information content (AvgIpc) is 2.80. The number of aliphatic carboxylic acids is 1. The summed E-state index contributed by atoms with van der Waals surface area (Å²) in [5.41, 5.74) is 1.96. The van der Waals surface area contributed by atoms with Gasteiger partial charge in [-0.15, -0.1) is 11.8 Å². The van der Waals surface area contributed by atoms with Crippen molar-refractivity contribution in [1.82, 2.24) is 10.2 Å². The number of carboxylic acids is 1. The minimum absolute atomic E-state index is 0.247. The van der Waals surface area contributed by atoms with Gasteiger partial charge in [0.05, 0.1) is 12.6 Å². The SMILES string of the molecule is CCOC(=O)C(CCc1ccccc1)NC1CS[C@H](c2ccccc2)N(CC(=O)O)C1=O. The topological polar surface area (TPSA) is 95.9 Å². The maximum atomic E-state index is 13.3. The van der Waals surface area contributed by atoms with E-state index < -0.39 is 30.6 Å². The van der Waals surface area contributed by atoms with Gasteiger partial charge in [0.25, 0.3) is 0 Å². The third kappa shape index (κ3) is 6.34. The fourth-order valence-electron chi connectivity index (χ4n) is 3.69. The van der Waals surface area contributed by atoms with Crippen molar-refractivity contribution in [2.45, 2.75) is 37.2 Å². The molecule has 1 saturated heterocycles. The summed E-state index contributed by atoms with van der Waals surface area (Å²) >= 11 is 1.49. The molecule has 2 N–H and O–H groups in total. The highest BCUT2D eigenvalue weighted by Crippen LogP contribution is 2.37. The summed E-state index contributed by atoms with van der Waals surface area (Å²) in [6, 6.07) is 17.8. The number of rotatable bonds is 10. The van der Waals surface area contributed by atoms with E-state index in [1.165, 1.54) is 16.7 Å². The first-order valence-electron chi connectivity index (χ1n) is 10.6. The summed E-state index contributed by atoms with van der Waals surface area (Å²) in [6.45, 7) is 1.58. The predicted molar refractivity (Wildman–Crippen MR) is 123 cm³/mol. The molecule has 170 valence electrons. The van der Waals surface area contributed by atoms with Crippen molar-refractivity contribution in [3.05, 3.63) is 71.8 Å². The van der Waals surface area contributed by atoms with Crippen molar-refractivity contribution in [2.75, 3.05) is 18.9 Å². The van der Waals surface area contributed by atoms with E-state index >= 15 is 0 Å². The molecule has 2 aromatic carbocycles. The first-order chi connectivity index (χ1) is 15.5. The molecule has 8 heteroatoms. The van der Waals surface area contributed by atoms with Crippen LogP contribution in [-0.2, 0) is 25.5 Å². The van der Waals surface area contributed by atoms with E-state index in [1.807, 2.05) is 60.7 Å². The number of carboxylic acid groups (broad SMARTS) is 1. The molecule has 0 bridgehead atoms. The average molecular weight is 457 g/mol.